The van der Waals surface area contributed by atoms with E-state index in [-0.39, 0.29) is 0 Å². The van der Waals surface area contributed by atoms with E-state index in [1.165, 1.54) is 81.6 Å². The predicted molar refractivity (Wildman–Crippen MR) is 509 cm³/mol. The van der Waals surface area contributed by atoms with Crippen molar-refractivity contribution < 1.29 is 13.3 Å². The van der Waals surface area contributed by atoms with Gasteiger partial charge in [-0.15, -0.1) is 0 Å². The summed E-state index contributed by atoms with van der Waals surface area (Å²) in [5.74, 6) is 0. The van der Waals surface area contributed by atoms with Crippen LogP contribution in [0.1, 0.15) is 16.7 Å². The SMILES string of the molecule is Brc1cc2c(c3ccccc13)c1c3ccccc3c(Br)cc1n2-c1ccccc1.Cc1cccc(N(c2cc3c(c4ccccc24)c2c4ccccc4c(N(c4cccc(C)c4)c4cccc5c4oc4ccccc45)cc2n3-c2ccccc2)c2cccc3c2oc2ccccc23)c1.Cc1cccc(Nc2cccc3c2oc2ccccc23)c1. The number of anilines is 8. The Hall–Kier alpha value is -14.4. The molecule has 0 aliphatic rings. The van der Waals surface area contributed by atoms with Gasteiger partial charge in [-0.05, 0) is 191 Å². The molecule has 0 amide bonds. The molecule has 0 aliphatic carbocycles. The highest BCUT2D eigenvalue weighted by Crippen LogP contribution is 2.54. The van der Waals surface area contributed by atoms with Crippen molar-refractivity contribution in [2.24, 2.45) is 0 Å². The average molecular weight is 1660 g/mol. The summed E-state index contributed by atoms with van der Waals surface area (Å²) in [4.78, 5) is 4.81. The van der Waals surface area contributed by atoms with Gasteiger partial charge in [-0.2, -0.15) is 0 Å². The lowest BCUT2D eigenvalue weighted by Gasteiger charge is -2.28. The van der Waals surface area contributed by atoms with Gasteiger partial charge in [0.05, 0.1) is 50.5 Å². The van der Waals surface area contributed by atoms with Gasteiger partial charge in [-0.3, -0.25) is 0 Å². The third kappa shape index (κ3) is 12.0. The fourth-order valence-electron chi connectivity index (χ4n) is 18.3. The number of furan rings is 3. The molecule has 0 saturated heterocycles. The van der Waals surface area contributed by atoms with E-state index < -0.39 is 0 Å². The Kier molecular flexibility index (Phi) is 17.4. The van der Waals surface area contributed by atoms with E-state index in [4.69, 9.17) is 13.3 Å². The van der Waals surface area contributed by atoms with Crippen LogP contribution in [0.2, 0.25) is 0 Å². The molecule has 0 radical (unpaired) electrons. The molecule has 8 nitrogen and oxygen atoms in total. The molecule has 5 heterocycles. The zero-order valence-corrected chi connectivity index (χ0v) is 68.3. The summed E-state index contributed by atoms with van der Waals surface area (Å²) in [7, 11) is 0. The summed E-state index contributed by atoms with van der Waals surface area (Å²) in [6.45, 7) is 6.41. The number of hydrogen-bond acceptors (Lipinski definition) is 6. The van der Waals surface area contributed by atoms with Gasteiger partial charge in [0.2, 0.25) is 0 Å². The first kappa shape index (κ1) is 71.1. The van der Waals surface area contributed by atoms with Crippen LogP contribution in [-0.4, -0.2) is 9.13 Å². The van der Waals surface area contributed by atoms with E-state index in [0.29, 0.717) is 0 Å². The average Bonchev–Trinajstić information content (AvgIpc) is 1.55. The fourth-order valence-corrected chi connectivity index (χ4v) is 19.4. The standard InChI is InChI=1S/C64H43N3O2.C26H15Br2N.C19H15NO/c1-40-18-14-22-43(36-40)66(53-32-16-30-51-47-26-10-12-34-59(47)68-63(51)53)55-38-57-61(49-28-8-6-24-45(49)55)62-50-29-9-7-25-46(50)56(39-58(62)65(57)42-20-4-3-5-21-42)67(44-23-15-19-41(2)37-44)54-33-17-31-52-48-27-11-13-35-60(48)69-64(52)54;27-21-14-23-25(19-12-6-4-10-17(19)21)26-20-13-7-5-11-18(20)22(28)15-24(26)29(23)16-8-2-1-3-9-16;1-13-6-4-7-14(12-13)20-17-10-5-9-16-15-8-2-3-11-18(15)21-19(16)17/h3-39H,1-2H3;1-15H;2-12,20H,1H3. The first-order valence-corrected chi connectivity index (χ1v) is 41.7. The van der Waals surface area contributed by atoms with Crippen LogP contribution in [0.15, 0.2) is 404 Å². The van der Waals surface area contributed by atoms with Crippen LogP contribution in [0.5, 0.6) is 0 Å². The number of hydrogen-bond donors (Lipinski definition) is 1. The lowest BCUT2D eigenvalue weighted by Crippen LogP contribution is -2.11. The largest absolute Gasteiger partial charge is 0.454 e. The van der Waals surface area contributed by atoms with Gasteiger partial charge in [0.1, 0.15) is 16.7 Å². The number of halogens is 2. The Bertz CT molecular complexity index is 7840. The molecule has 24 aromatic rings. The van der Waals surface area contributed by atoms with Crippen molar-refractivity contribution in [3.63, 3.8) is 0 Å². The molecule has 0 aliphatic heterocycles. The summed E-state index contributed by atoms with van der Waals surface area (Å²) in [6.07, 6.45) is 0. The molecule has 0 unspecified atom stereocenters. The lowest BCUT2D eigenvalue weighted by atomic mass is 9.96. The summed E-state index contributed by atoms with van der Waals surface area (Å²) in [6, 6.07) is 136. The second-order valence-corrected chi connectivity index (χ2v) is 32.4. The molecule has 10 heteroatoms. The van der Waals surface area contributed by atoms with Crippen LogP contribution in [-0.2, 0) is 0 Å². The molecule has 566 valence electrons. The van der Waals surface area contributed by atoms with E-state index >= 15 is 0 Å². The van der Waals surface area contributed by atoms with E-state index in [0.717, 1.165) is 153 Å². The molecule has 1 N–H and O–H groups in total. The van der Waals surface area contributed by atoms with Crippen LogP contribution < -0.4 is 15.1 Å². The summed E-state index contributed by atoms with van der Waals surface area (Å²) in [5, 5.41) is 24.7. The Morgan fingerprint density at radius 2 is 0.555 bits per heavy atom. The molecule has 0 atom stereocenters. The monoisotopic (exact) mass is 1660 g/mol. The van der Waals surface area contributed by atoms with Crippen LogP contribution in [0, 0.1) is 20.8 Å². The summed E-state index contributed by atoms with van der Waals surface area (Å²) in [5.41, 5.74) is 23.9. The van der Waals surface area contributed by atoms with Gasteiger partial charge < -0.3 is 37.5 Å². The van der Waals surface area contributed by atoms with Gasteiger partial charge in [0.15, 0.2) is 16.7 Å². The molecular formula is C109H73Br2N5O3. The second kappa shape index (κ2) is 29.1. The minimum absolute atomic E-state index is 0.847. The van der Waals surface area contributed by atoms with Crippen molar-refractivity contribution in [3.05, 3.63) is 408 Å². The van der Waals surface area contributed by atoms with Crippen LogP contribution in [0.25, 0.3) is 164 Å². The van der Waals surface area contributed by atoms with Crippen molar-refractivity contribution in [2.75, 3.05) is 15.1 Å². The molecule has 0 bridgehead atoms. The highest BCUT2D eigenvalue weighted by atomic mass is 79.9. The van der Waals surface area contributed by atoms with Crippen LogP contribution in [0.3, 0.4) is 0 Å². The Balaban J connectivity index is 0.000000138. The number of nitrogens with zero attached hydrogens (tertiary/aromatic N) is 4. The van der Waals surface area contributed by atoms with Gasteiger partial charge >= 0.3 is 0 Å². The Morgan fingerprint density at radius 1 is 0.244 bits per heavy atom. The number of benzene rings is 19. The number of aryl methyl sites for hydroxylation is 3. The highest BCUT2D eigenvalue weighted by molar-refractivity contribution is 9.11. The topological polar surface area (TPSA) is 67.8 Å². The third-order valence-electron chi connectivity index (χ3n) is 23.4. The smallest absolute Gasteiger partial charge is 0.159 e. The molecular weight excluding hydrogens is 1590 g/mol. The zero-order valence-electron chi connectivity index (χ0n) is 65.1. The molecule has 119 heavy (non-hydrogen) atoms. The normalized spacial score (nSPS) is 11.7. The second-order valence-electron chi connectivity index (χ2n) is 30.7. The van der Waals surface area contributed by atoms with Gasteiger partial charge in [-0.25, -0.2) is 0 Å². The van der Waals surface area contributed by atoms with E-state index in [2.05, 4.69) is 423 Å². The highest BCUT2D eigenvalue weighted by Gasteiger charge is 2.30. The van der Waals surface area contributed by atoms with Gasteiger partial charge in [0.25, 0.3) is 0 Å². The molecule has 24 rings (SSSR count). The van der Waals surface area contributed by atoms with E-state index in [9.17, 15) is 0 Å². The zero-order chi connectivity index (χ0) is 79.5. The molecule has 5 aromatic heterocycles. The maximum Gasteiger partial charge on any atom is 0.159 e. The van der Waals surface area contributed by atoms with Crippen molar-refractivity contribution in [1.29, 1.82) is 0 Å². The number of fused-ring (bicyclic) bond motifs is 23. The molecule has 0 fully saturated rings. The van der Waals surface area contributed by atoms with Crippen molar-refractivity contribution in [2.45, 2.75) is 20.8 Å². The minimum atomic E-state index is 0.847. The molecule has 19 aromatic carbocycles. The van der Waals surface area contributed by atoms with E-state index in [1.807, 2.05) is 36.4 Å². The van der Waals surface area contributed by atoms with Crippen molar-refractivity contribution in [3.8, 4) is 11.4 Å². The van der Waals surface area contributed by atoms with Gasteiger partial charge in [0, 0.05) is 102 Å². The maximum absolute atomic E-state index is 6.83. The number of nitrogens with one attached hydrogen (secondary N) is 1. The number of aromatic nitrogens is 2. The quantitative estimate of drug-likeness (QED) is 0.147. The van der Waals surface area contributed by atoms with Crippen LogP contribution >= 0.6 is 31.9 Å². The number of para-hydroxylation sites is 8. The van der Waals surface area contributed by atoms with Crippen molar-refractivity contribution >= 4 is 230 Å². The van der Waals surface area contributed by atoms with Crippen molar-refractivity contribution in [1.82, 2.24) is 9.13 Å². The van der Waals surface area contributed by atoms with E-state index in [1.54, 1.807) is 0 Å². The Morgan fingerprint density at radius 3 is 0.966 bits per heavy atom. The first-order valence-electron chi connectivity index (χ1n) is 40.2. The minimum Gasteiger partial charge on any atom is -0.454 e. The van der Waals surface area contributed by atoms with Crippen LogP contribution in [0.4, 0.5) is 45.5 Å². The molecule has 0 spiro atoms. The predicted octanol–water partition coefficient (Wildman–Crippen LogP) is 32.7. The summed E-state index contributed by atoms with van der Waals surface area (Å²) < 4.78 is 26.8. The lowest BCUT2D eigenvalue weighted by molar-refractivity contribution is 0.669. The molecule has 0 saturated carbocycles. The fraction of sp³-hybridized carbons (Fsp3) is 0.0275. The first-order chi connectivity index (χ1) is 58.6. The number of rotatable bonds is 10. The van der Waals surface area contributed by atoms with Gasteiger partial charge in [-0.1, -0.05) is 293 Å². The maximum atomic E-state index is 6.83. The summed E-state index contributed by atoms with van der Waals surface area (Å²) >= 11 is 7.65. The third-order valence-corrected chi connectivity index (χ3v) is 24.7. The Labute approximate surface area is 702 Å².